The molecule has 14 heavy (non-hydrogen) atoms. The van der Waals surface area contributed by atoms with Gasteiger partial charge in [-0.05, 0) is 13.3 Å². The molecule has 2 nitrogen and oxygen atoms in total. The highest BCUT2D eigenvalue weighted by Gasteiger charge is 2.16. The minimum atomic E-state index is -0.125. The van der Waals surface area contributed by atoms with Crippen LogP contribution in [0.1, 0.15) is 58.8 Å². The predicted octanol–water partition coefficient (Wildman–Crippen LogP) is 3.10. The number of methoxy groups -OCH3 is 1. The maximum atomic E-state index is 6.04. The Morgan fingerprint density at radius 2 is 1.64 bits per heavy atom. The molecule has 0 aliphatic rings. The van der Waals surface area contributed by atoms with Crippen LogP contribution in [0, 0.1) is 0 Å². The summed E-state index contributed by atoms with van der Waals surface area (Å²) in [7, 11) is 1.71. The van der Waals surface area contributed by atoms with Crippen molar-refractivity contribution in [1.29, 1.82) is 0 Å². The van der Waals surface area contributed by atoms with E-state index in [4.69, 9.17) is 10.5 Å². The summed E-state index contributed by atoms with van der Waals surface area (Å²) in [5, 5.41) is 0. The summed E-state index contributed by atoms with van der Waals surface area (Å²) in [5.41, 5.74) is 5.92. The van der Waals surface area contributed by atoms with Crippen LogP contribution in [0.2, 0.25) is 0 Å². The summed E-state index contributed by atoms with van der Waals surface area (Å²) in [6.45, 7) is 4.99. The molecule has 0 aliphatic carbocycles. The van der Waals surface area contributed by atoms with Crippen LogP contribution in [0.3, 0.4) is 0 Å². The fourth-order valence-corrected chi connectivity index (χ4v) is 1.71. The number of hydrogen-bond acceptors (Lipinski definition) is 2. The quantitative estimate of drug-likeness (QED) is 0.582. The lowest BCUT2D eigenvalue weighted by Gasteiger charge is -2.23. The molecule has 0 saturated carbocycles. The molecule has 1 atom stereocenters. The lowest BCUT2D eigenvalue weighted by atomic mass is 9.96. The minimum absolute atomic E-state index is 0.125. The van der Waals surface area contributed by atoms with E-state index in [-0.39, 0.29) is 5.54 Å². The number of ether oxygens (including phenoxy) is 1. The smallest absolute Gasteiger partial charge is 0.0639 e. The van der Waals surface area contributed by atoms with Gasteiger partial charge in [0, 0.05) is 12.6 Å². The molecule has 1 unspecified atom stereocenters. The second kappa shape index (κ2) is 8.25. The van der Waals surface area contributed by atoms with Crippen molar-refractivity contribution >= 4 is 0 Å². The van der Waals surface area contributed by atoms with Crippen LogP contribution < -0.4 is 5.73 Å². The van der Waals surface area contributed by atoms with Gasteiger partial charge in [-0.25, -0.2) is 0 Å². The standard InChI is InChI=1S/C12H27NO/c1-4-5-6-7-8-9-10-12(2,13)11-14-3/h4-11,13H2,1-3H3. The Bertz CT molecular complexity index is 123. The highest BCUT2D eigenvalue weighted by molar-refractivity contribution is 4.77. The first-order chi connectivity index (χ1) is 6.62. The van der Waals surface area contributed by atoms with Crippen LogP contribution in [0.15, 0.2) is 0 Å². The molecule has 0 rings (SSSR count). The SMILES string of the molecule is CCCCCCCCC(C)(N)COC. The summed E-state index contributed by atoms with van der Waals surface area (Å²) in [4.78, 5) is 0. The Morgan fingerprint density at radius 3 is 2.21 bits per heavy atom. The van der Waals surface area contributed by atoms with Crippen LogP contribution in [0.25, 0.3) is 0 Å². The van der Waals surface area contributed by atoms with Crippen molar-refractivity contribution in [2.45, 2.75) is 64.3 Å². The van der Waals surface area contributed by atoms with Gasteiger partial charge >= 0.3 is 0 Å². The molecule has 0 radical (unpaired) electrons. The zero-order valence-electron chi connectivity index (χ0n) is 10.1. The van der Waals surface area contributed by atoms with Gasteiger partial charge in [0.25, 0.3) is 0 Å². The molecule has 2 N–H and O–H groups in total. The van der Waals surface area contributed by atoms with E-state index in [0.717, 1.165) is 6.42 Å². The summed E-state index contributed by atoms with van der Waals surface area (Å²) in [6, 6.07) is 0. The van der Waals surface area contributed by atoms with Crippen LogP contribution in [-0.2, 0) is 4.74 Å². The largest absolute Gasteiger partial charge is 0.383 e. The van der Waals surface area contributed by atoms with E-state index < -0.39 is 0 Å². The molecule has 0 saturated heterocycles. The highest BCUT2D eigenvalue weighted by atomic mass is 16.5. The predicted molar refractivity (Wildman–Crippen MR) is 62.5 cm³/mol. The van der Waals surface area contributed by atoms with Gasteiger partial charge in [0.1, 0.15) is 0 Å². The summed E-state index contributed by atoms with van der Waals surface area (Å²) < 4.78 is 5.08. The molecule has 0 aromatic rings. The molecule has 2 heteroatoms. The Kier molecular flexibility index (Phi) is 8.20. The van der Waals surface area contributed by atoms with Gasteiger partial charge in [-0.1, -0.05) is 45.4 Å². The van der Waals surface area contributed by atoms with E-state index in [2.05, 4.69) is 13.8 Å². The zero-order valence-corrected chi connectivity index (χ0v) is 10.1. The van der Waals surface area contributed by atoms with Gasteiger partial charge in [-0.15, -0.1) is 0 Å². The zero-order chi connectivity index (χ0) is 10.9. The normalized spacial score (nSPS) is 15.4. The number of unbranched alkanes of at least 4 members (excludes halogenated alkanes) is 5. The Labute approximate surface area is 89.2 Å². The van der Waals surface area contributed by atoms with Gasteiger partial charge in [-0.2, -0.15) is 0 Å². The fraction of sp³-hybridized carbons (Fsp3) is 1.00. The summed E-state index contributed by atoms with van der Waals surface area (Å²) >= 11 is 0. The molecule has 0 spiro atoms. The monoisotopic (exact) mass is 201 g/mol. The maximum absolute atomic E-state index is 6.04. The molecule has 86 valence electrons. The van der Waals surface area contributed by atoms with Gasteiger partial charge in [0.15, 0.2) is 0 Å². The van der Waals surface area contributed by atoms with Crippen LogP contribution in [0.4, 0.5) is 0 Å². The molecule has 0 amide bonds. The maximum Gasteiger partial charge on any atom is 0.0639 e. The third-order valence-corrected chi connectivity index (χ3v) is 2.58. The second-order valence-electron chi connectivity index (χ2n) is 4.60. The summed E-state index contributed by atoms with van der Waals surface area (Å²) in [6.07, 6.45) is 9.05. The highest BCUT2D eigenvalue weighted by Crippen LogP contribution is 2.13. The lowest BCUT2D eigenvalue weighted by Crippen LogP contribution is -2.40. The first-order valence-corrected chi connectivity index (χ1v) is 5.90. The third-order valence-electron chi connectivity index (χ3n) is 2.58. The molecule has 0 aromatic carbocycles. The Hall–Kier alpha value is -0.0800. The van der Waals surface area contributed by atoms with E-state index in [1.807, 2.05) is 0 Å². The van der Waals surface area contributed by atoms with Crippen molar-refractivity contribution in [2.75, 3.05) is 13.7 Å². The Morgan fingerprint density at radius 1 is 1.07 bits per heavy atom. The van der Waals surface area contributed by atoms with E-state index in [1.165, 1.54) is 38.5 Å². The topological polar surface area (TPSA) is 35.2 Å². The van der Waals surface area contributed by atoms with Gasteiger partial charge < -0.3 is 10.5 Å². The van der Waals surface area contributed by atoms with Crippen molar-refractivity contribution in [3.63, 3.8) is 0 Å². The lowest BCUT2D eigenvalue weighted by molar-refractivity contribution is 0.134. The van der Waals surface area contributed by atoms with Gasteiger partial charge in [0.05, 0.1) is 6.61 Å². The Balaban J connectivity index is 3.26. The van der Waals surface area contributed by atoms with Crippen LogP contribution in [0.5, 0.6) is 0 Å². The van der Waals surface area contributed by atoms with Crippen LogP contribution in [-0.4, -0.2) is 19.3 Å². The molecule has 0 heterocycles. The number of hydrogen-bond donors (Lipinski definition) is 1. The van der Waals surface area contributed by atoms with Crippen molar-refractivity contribution in [1.82, 2.24) is 0 Å². The molecule has 0 fully saturated rings. The van der Waals surface area contributed by atoms with Gasteiger partial charge in [-0.3, -0.25) is 0 Å². The molecule has 0 aliphatic heterocycles. The number of nitrogens with two attached hydrogens (primary N) is 1. The van der Waals surface area contributed by atoms with Crippen molar-refractivity contribution in [3.8, 4) is 0 Å². The van der Waals surface area contributed by atoms with Crippen molar-refractivity contribution in [2.24, 2.45) is 5.73 Å². The van der Waals surface area contributed by atoms with E-state index >= 15 is 0 Å². The van der Waals surface area contributed by atoms with E-state index in [9.17, 15) is 0 Å². The fourth-order valence-electron chi connectivity index (χ4n) is 1.71. The second-order valence-corrected chi connectivity index (χ2v) is 4.60. The van der Waals surface area contributed by atoms with Crippen LogP contribution >= 0.6 is 0 Å². The molecular formula is C12H27NO. The third kappa shape index (κ3) is 8.52. The average molecular weight is 201 g/mol. The van der Waals surface area contributed by atoms with Crippen molar-refractivity contribution in [3.05, 3.63) is 0 Å². The minimum Gasteiger partial charge on any atom is -0.383 e. The molecular weight excluding hydrogens is 174 g/mol. The molecule has 0 aromatic heterocycles. The first-order valence-electron chi connectivity index (χ1n) is 5.90. The summed E-state index contributed by atoms with van der Waals surface area (Å²) in [5.74, 6) is 0. The number of rotatable bonds is 9. The van der Waals surface area contributed by atoms with E-state index in [1.54, 1.807) is 7.11 Å². The molecule has 0 bridgehead atoms. The van der Waals surface area contributed by atoms with Gasteiger partial charge in [0.2, 0.25) is 0 Å². The average Bonchev–Trinajstić information content (AvgIpc) is 2.11. The van der Waals surface area contributed by atoms with Crippen molar-refractivity contribution < 1.29 is 4.74 Å². The first kappa shape index (κ1) is 13.9. The van der Waals surface area contributed by atoms with E-state index in [0.29, 0.717) is 6.61 Å².